The Labute approximate surface area is 110 Å². The van der Waals surface area contributed by atoms with Gasteiger partial charge in [0.15, 0.2) is 5.16 Å². The topological polar surface area (TPSA) is 51.8 Å². The van der Waals surface area contributed by atoms with Crippen LogP contribution >= 0.6 is 11.8 Å². The van der Waals surface area contributed by atoms with Crippen molar-refractivity contribution < 1.29 is 4.39 Å². The smallest absolute Gasteiger partial charge is 0.188 e. The van der Waals surface area contributed by atoms with Crippen molar-refractivity contribution in [3.8, 4) is 0 Å². The molecule has 0 aliphatic rings. The van der Waals surface area contributed by atoms with E-state index in [1.165, 1.54) is 23.9 Å². The fourth-order valence-electron chi connectivity index (χ4n) is 1.54. The quantitative estimate of drug-likeness (QED) is 0.680. The second kappa shape index (κ2) is 5.93. The molecule has 2 aromatic rings. The maximum absolute atomic E-state index is 12.9. The van der Waals surface area contributed by atoms with Gasteiger partial charge in [0.2, 0.25) is 0 Å². The van der Waals surface area contributed by atoms with Crippen LogP contribution in [0.1, 0.15) is 16.5 Å². The van der Waals surface area contributed by atoms with Gasteiger partial charge in [-0.2, -0.15) is 0 Å². The van der Waals surface area contributed by atoms with Gasteiger partial charge in [0.25, 0.3) is 0 Å². The van der Waals surface area contributed by atoms with E-state index in [1.54, 1.807) is 18.3 Å². The number of nitrogens with two attached hydrogens (primary N) is 1. The molecule has 0 fully saturated rings. The Morgan fingerprint density at radius 1 is 1.28 bits per heavy atom. The average Bonchev–Trinajstić information content (AvgIpc) is 2.37. The van der Waals surface area contributed by atoms with E-state index in [9.17, 15) is 4.39 Å². The summed E-state index contributed by atoms with van der Waals surface area (Å²) >= 11 is 1.49. The molecular weight excluding hydrogens is 249 g/mol. The van der Waals surface area contributed by atoms with Crippen molar-refractivity contribution >= 4 is 11.8 Å². The summed E-state index contributed by atoms with van der Waals surface area (Å²) in [6.45, 7) is 2.37. The van der Waals surface area contributed by atoms with Gasteiger partial charge in [-0.1, -0.05) is 23.9 Å². The lowest BCUT2D eigenvalue weighted by atomic mass is 10.1. The fraction of sp³-hybridized carbons (Fsp3) is 0.231. The number of aromatic nitrogens is 2. The predicted octanol–water partition coefficient (Wildman–Crippen LogP) is 2.72. The molecule has 0 aliphatic carbocycles. The molecule has 94 valence electrons. The lowest BCUT2D eigenvalue weighted by Crippen LogP contribution is -2.10. The highest BCUT2D eigenvalue weighted by Crippen LogP contribution is 2.32. The summed E-state index contributed by atoms with van der Waals surface area (Å²) in [4.78, 5) is 8.52. The third-order valence-electron chi connectivity index (χ3n) is 2.48. The summed E-state index contributed by atoms with van der Waals surface area (Å²) < 4.78 is 12.9. The monoisotopic (exact) mass is 263 g/mol. The van der Waals surface area contributed by atoms with E-state index < -0.39 is 0 Å². The van der Waals surface area contributed by atoms with Gasteiger partial charge in [0.1, 0.15) is 5.82 Å². The van der Waals surface area contributed by atoms with E-state index in [2.05, 4.69) is 9.97 Å². The number of thioether (sulfide) groups is 1. The SMILES string of the molecule is Cc1ccnc(SC(CN)c2ccc(F)cc2)n1. The molecule has 1 unspecified atom stereocenters. The second-order valence-corrected chi connectivity index (χ2v) is 5.04. The third kappa shape index (κ3) is 3.27. The molecule has 0 bridgehead atoms. The highest BCUT2D eigenvalue weighted by Gasteiger charge is 2.13. The summed E-state index contributed by atoms with van der Waals surface area (Å²) in [6.07, 6.45) is 1.73. The van der Waals surface area contributed by atoms with Crippen LogP contribution in [0.3, 0.4) is 0 Å². The minimum atomic E-state index is -0.244. The molecule has 0 radical (unpaired) electrons. The first-order chi connectivity index (χ1) is 8.69. The van der Waals surface area contributed by atoms with Crippen LogP contribution in [0, 0.1) is 12.7 Å². The molecule has 1 aromatic heterocycles. The Morgan fingerprint density at radius 3 is 2.61 bits per heavy atom. The van der Waals surface area contributed by atoms with Crippen molar-refractivity contribution in [3.63, 3.8) is 0 Å². The Hall–Kier alpha value is -1.46. The first-order valence-electron chi connectivity index (χ1n) is 5.61. The summed E-state index contributed by atoms with van der Waals surface area (Å²) in [6, 6.07) is 8.22. The van der Waals surface area contributed by atoms with Gasteiger partial charge >= 0.3 is 0 Å². The Kier molecular flexibility index (Phi) is 4.28. The number of rotatable bonds is 4. The Morgan fingerprint density at radius 2 is 2.00 bits per heavy atom. The van der Waals surface area contributed by atoms with Crippen molar-refractivity contribution in [2.24, 2.45) is 5.73 Å². The largest absolute Gasteiger partial charge is 0.329 e. The van der Waals surface area contributed by atoms with Gasteiger partial charge in [0, 0.05) is 23.7 Å². The maximum Gasteiger partial charge on any atom is 0.188 e. The van der Waals surface area contributed by atoms with Crippen LogP contribution in [0.25, 0.3) is 0 Å². The summed E-state index contributed by atoms with van der Waals surface area (Å²) in [5, 5.41) is 0.724. The zero-order valence-electron chi connectivity index (χ0n) is 10.0. The van der Waals surface area contributed by atoms with Gasteiger partial charge < -0.3 is 5.73 Å². The molecule has 2 rings (SSSR count). The van der Waals surface area contributed by atoms with Crippen LogP contribution in [-0.2, 0) is 0 Å². The summed E-state index contributed by atoms with van der Waals surface area (Å²) in [7, 11) is 0. The molecule has 3 nitrogen and oxygen atoms in total. The molecule has 1 heterocycles. The van der Waals surface area contributed by atoms with Crippen LogP contribution < -0.4 is 5.73 Å². The van der Waals surface area contributed by atoms with E-state index in [4.69, 9.17) is 5.73 Å². The van der Waals surface area contributed by atoms with Crippen LogP contribution in [0.15, 0.2) is 41.7 Å². The third-order valence-corrected chi connectivity index (χ3v) is 3.63. The zero-order valence-corrected chi connectivity index (χ0v) is 10.8. The lowest BCUT2D eigenvalue weighted by molar-refractivity contribution is 0.627. The lowest BCUT2D eigenvalue weighted by Gasteiger charge is -2.13. The molecule has 5 heteroatoms. The van der Waals surface area contributed by atoms with Crippen molar-refractivity contribution in [1.29, 1.82) is 0 Å². The number of aryl methyl sites for hydroxylation is 1. The van der Waals surface area contributed by atoms with Gasteiger partial charge in [-0.15, -0.1) is 0 Å². The van der Waals surface area contributed by atoms with Gasteiger partial charge in [-0.3, -0.25) is 0 Å². The first kappa shape index (κ1) is 13.0. The zero-order chi connectivity index (χ0) is 13.0. The van der Waals surface area contributed by atoms with E-state index >= 15 is 0 Å². The van der Waals surface area contributed by atoms with Crippen LogP contribution in [-0.4, -0.2) is 16.5 Å². The summed E-state index contributed by atoms with van der Waals surface area (Å²) in [5.74, 6) is -0.244. The number of hydrogen-bond acceptors (Lipinski definition) is 4. The van der Waals surface area contributed by atoms with Crippen molar-refractivity contribution in [3.05, 3.63) is 53.6 Å². The van der Waals surface area contributed by atoms with E-state index in [-0.39, 0.29) is 11.1 Å². The molecule has 18 heavy (non-hydrogen) atoms. The minimum Gasteiger partial charge on any atom is -0.329 e. The van der Waals surface area contributed by atoms with Gasteiger partial charge in [0.05, 0.1) is 0 Å². The Bertz CT molecular complexity index is 516. The van der Waals surface area contributed by atoms with E-state index in [1.807, 2.05) is 13.0 Å². The molecule has 1 aromatic carbocycles. The fourth-order valence-corrected chi connectivity index (χ4v) is 2.50. The molecule has 1 atom stereocenters. The average molecular weight is 263 g/mol. The predicted molar refractivity (Wildman–Crippen MR) is 70.8 cm³/mol. The number of halogens is 1. The van der Waals surface area contributed by atoms with E-state index in [0.717, 1.165) is 11.3 Å². The Balaban J connectivity index is 2.17. The second-order valence-electron chi connectivity index (χ2n) is 3.87. The van der Waals surface area contributed by atoms with Gasteiger partial charge in [-0.05, 0) is 30.7 Å². The minimum absolute atomic E-state index is 0.0346. The molecule has 0 saturated carbocycles. The van der Waals surface area contributed by atoms with Crippen LogP contribution in [0.5, 0.6) is 0 Å². The van der Waals surface area contributed by atoms with Crippen LogP contribution in [0.2, 0.25) is 0 Å². The molecule has 0 spiro atoms. The number of hydrogen-bond donors (Lipinski definition) is 1. The maximum atomic E-state index is 12.9. The highest BCUT2D eigenvalue weighted by molar-refractivity contribution is 7.99. The number of nitrogens with zero attached hydrogens (tertiary/aromatic N) is 2. The van der Waals surface area contributed by atoms with E-state index in [0.29, 0.717) is 11.7 Å². The van der Waals surface area contributed by atoms with Crippen molar-refractivity contribution in [2.75, 3.05) is 6.54 Å². The molecule has 0 saturated heterocycles. The highest BCUT2D eigenvalue weighted by atomic mass is 32.2. The van der Waals surface area contributed by atoms with Crippen molar-refractivity contribution in [1.82, 2.24) is 9.97 Å². The normalized spacial score (nSPS) is 12.4. The molecule has 0 aliphatic heterocycles. The standard InChI is InChI=1S/C13H14FN3S/c1-9-6-7-16-13(17-9)18-12(8-15)10-2-4-11(14)5-3-10/h2-7,12H,8,15H2,1H3. The molecular formula is C13H14FN3S. The van der Waals surface area contributed by atoms with Crippen LogP contribution in [0.4, 0.5) is 4.39 Å². The first-order valence-corrected chi connectivity index (χ1v) is 6.49. The van der Waals surface area contributed by atoms with Crippen molar-refractivity contribution in [2.45, 2.75) is 17.3 Å². The molecule has 2 N–H and O–H groups in total. The summed E-state index contributed by atoms with van der Waals surface area (Å²) in [5.41, 5.74) is 7.66. The molecule has 0 amide bonds. The number of benzene rings is 1. The van der Waals surface area contributed by atoms with Gasteiger partial charge in [-0.25, -0.2) is 14.4 Å².